The van der Waals surface area contributed by atoms with Crippen molar-refractivity contribution in [3.05, 3.63) is 45.6 Å². The van der Waals surface area contributed by atoms with E-state index in [0.29, 0.717) is 35.0 Å². The number of carbonyl (C=O) groups is 1. The number of benzene rings is 1. The molecule has 0 unspecified atom stereocenters. The van der Waals surface area contributed by atoms with Crippen LogP contribution in [0.15, 0.2) is 24.4 Å². The van der Waals surface area contributed by atoms with E-state index in [2.05, 4.69) is 20.2 Å². The average Bonchev–Trinajstić information content (AvgIpc) is 2.67. The molecule has 0 atom stereocenters. The smallest absolute Gasteiger partial charge is 0.341 e. The number of aromatic carboxylic acids is 1. The van der Waals surface area contributed by atoms with Gasteiger partial charge in [-0.25, -0.2) is 9.78 Å². The zero-order chi connectivity index (χ0) is 19.4. The first-order valence-electron chi connectivity index (χ1n) is 8.71. The van der Waals surface area contributed by atoms with Gasteiger partial charge in [0, 0.05) is 35.9 Å². The third kappa shape index (κ3) is 4.80. The lowest BCUT2D eigenvalue weighted by molar-refractivity contribution is 0.0697. The molecule has 1 aromatic heterocycles. The average molecular weight is 410 g/mol. The van der Waals surface area contributed by atoms with E-state index in [-0.39, 0.29) is 11.4 Å². The molecule has 0 aliphatic carbocycles. The van der Waals surface area contributed by atoms with Crippen molar-refractivity contribution in [1.82, 2.24) is 9.97 Å². The SMILES string of the molecule is NCC1CCN(c2ncc(C(=O)O)c(NCc3ccc(Cl)cc3Cl)n2)CC1. The first-order valence-corrected chi connectivity index (χ1v) is 9.46. The van der Waals surface area contributed by atoms with Crippen LogP contribution in [0.2, 0.25) is 10.0 Å². The van der Waals surface area contributed by atoms with E-state index < -0.39 is 5.97 Å². The second kappa shape index (κ2) is 8.73. The summed E-state index contributed by atoms with van der Waals surface area (Å²) in [5.74, 6) is 0.205. The Kier molecular flexibility index (Phi) is 6.36. The molecule has 0 radical (unpaired) electrons. The van der Waals surface area contributed by atoms with Gasteiger partial charge >= 0.3 is 5.97 Å². The predicted molar refractivity (Wildman–Crippen MR) is 107 cm³/mol. The highest BCUT2D eigenvalue weighted by atomic mass is 35.5. The van der Waals surface area contributed by atoms with E-state index in [0.717, 1.165) is 31.5 Å². The van der Waals surface area contributed by atoms with Gasteiger partial charge in [-0.3, -0.25) is 0 Å². The van der Waals surface area contributed by atoms with Gasteiger partial charge in [-0.2, -0.15) is 4.98 Å². The molecule has 2 aromatic rings. The number of carboxylic acids is 1. The summed E-state index contributed by atoms with van der Waals surface area (Å²) in [5, 5.41) is 13.5. The molecule has 1 fully saturated rings. The van der Waals surface area contributed by atoms with Gasteiger partial charge in [0.25, 0.3) is 0 Å². The maximum atomic E-state index is 11.5. The molecule has 7 nitrogen and oxygen atoms in total. The molecular weight excluding hydrogens is 389 g/mol. The maximum Gasteiger partial charge on any atom is 0.341 e. The fourth-order valence-corrected chi connectivity index (χ4v) is 3.50. The Morgan fingerprint density at radius 2 is 2.07 bits per heavy atom. The lowest BCUT2D eigenvalue weighted by atomic mass is 9.97. The van der Waals surface area contributed by atoms with Crippen molar-refractivity contribution in [1.29, 1.82) is 0 Å². The minimum absolute atomic E-state index is 0.0145. The maximum absolute atomic E-state index is 11.5. The molecule has 144 valence electrons. The van der Waals surface area contributed by atoms with E-state index in [4.69, 9.17) is 28.9 Å². The van der Waals surface area contributed by atoms with Gasteiger partial charge in [0.05, 0.1) is 0 Å². The Labute approximate surface area is 167 Å². The Balaban J connectivity index is 1.78. The molecular formula is C18H21Cl2N5O2. The molecule has 9 heteroatoms. The molecule has 0 amide bonds. The van der Waals surface area contributed by atoms with Crippen LogP contribution in [0.25, 0.3) is 0 Å². The Bertz CT molecular complexity index is 825. The normalized spacial score (nSPS) is 15.0. The lowest BCUT2D eigenvalue weighted by Crippen LogP contribution is -2.37. The summed E-state index contributed by atoms with van der Waals surface area (Å²) in [6.45, 7) is 2.61. The number of anilines is 2. The van der Waals surface area contributed by atoms with Crippen molar-refractivity contribution >= 4 is 40.9 Å². The van der Waals surface area contributed by atoms with Crippen molar-refractivity contribution in [2.45, 2.75) is 19.4 Å². The summed E-state index contributed by atoms with van der Waals surface area (Å²) in [5.41, 5.74) is 6.54. The molecule has 4 N–H and O–H groups in total. The van der Waals surface area contributed by atoms with E-state index in [1.54, 1.807) is 18.2 Å². The van der Waals surface area contributed by atoms with Gasteiger partial charge in [-0.05, 0) is 43.0 Å². The molecule has 1 saturated heterocycles. The van der Waals surface area contributed by atoms with Crippen LogP contribution in [0.3, 0.4) is 0 Å². The molecule has 1 aliphatic rings. The largest absolute Gasteiger partial charge is 0.477 e. The van der Waals surface area contributed by atoms with Crippen molar-refractivity contribution in [3.8, 4) is 0 Å². The van der Waals surface area contributed by atoms with Gasteiger partial charge in [-0.15, -0.1) is 0 Å². The van der Waals surface area contributed by atoms with Crippen LogP contribution in [0, 0.1) is 5.92 Å². The van der Waals surface area contributed by atoms with Crippen LogP contribution >= 0.6 is 23.2 Å². The van der Waals surface area contributed by atoms with Crippen LogP contribution in [0.1, 0.15) is 28.8 Å². The van der Waals surface area contributed by atoms with Crippen LogP contribution < -0.4 is 16.0 Å². The third-order valence-corrected chi connectivity index (χ3v) is 5.29. The Morgan fingerprint density at radius 3 is 2.70 bits per heavy atom. The van der Waals surface area contributed by atoms with Crippen molar-refractivity contribution in [3.63, 3.8) is 0 Å². The van der Waals surface area contributed by atoms with Crippen LogP contribution in [-0.2, 0) is 6.54 Å². The van der Waals surface area contributed by atoms with Gasteiger partial charge in [0.2, 0.25) is 5.95 Å². The summed E-state index contributed by atoms with van der Waals surface area (Å²) >= 11 is 12.1. The van der Waals surface area contributed by atoms with Crippen molar-refractivity contribution < 1.29 is 9.90 Å². The Morgan fingerprint density at radius 1 is 1.33 bits per heavy atom. The van der Waals surface area contributed by atoms with Gasteiger partial charge in [-0.1, -0.05) is 29.3 Å². The standard InChI is InChI=1S/C18H21Cl2N5O2/c19-13-2-1-12(15(20)7-13)9-22-16-14(17(26)27)10-23-18(24-16)25-5-3-11(8-21)4-6-25/h1-2,7,10-11H,3-6,8-9,21H2,(H,26,27)(H,22,23,24). The van der Waals surface area contributed by atoms with Gasteiger partial charge in [0.1, 0.15) is 11.4 Å². The van der Waals surface area contributed by atoms with Gasteiger partial charge < -0.3 is 21.1 Å². The summed E-state index contributed by atoms with van der Waals surface area (Å²) < 4.78 is 0. The number of halogens is 2. The second-order valence-electron chi connectivity index (χ2n) is 6.49. The quantitative estimate of drug-likeness (QED) is 0.671. The number of nitrogens with one attached hydrogen (secondary N) is 1. The number of hydrogen-bond donors (Lipinski definition) is 3. The molecule has 2 heterocycles. The van der Waals surface area contributed by atoms with Crippen molar-refractivity contribution in [2.24, 2.45) is 11.7 Å². The van der Waals surface area contributed by atoms with Crippen LogP contribution in [0.4, 0.5) is 11.8 Å². The highest BCUT2D eigenvalue weighted by Gasteiger charge is 2.22. The zero-order valence-corrected chi connectivity index (χ0v) is 16.2. The number of aromatic nitrogens is 2. The number of piperidine rings is 1. The lowest BCUT2D eigenvalue weighted by Gasteiger charge is -2.31. The fraction of sp³-hybridized carbons (Fsp3) is 0.389. The summed E-state index contributed by atoms with van der Waals surface area (Å²) in [6.07, 6.45) is 3.29. The van der Waals surface area contributed by atoms with E-state index in [9.17, 15) is 9.90 Å². The summed E-state index contributed by atoms with van der Waals surface area (Å²) in [4.78, 5) is 22.3. The monoisotopic (exact) mass is 409 g/mol. The highest BCUT2D eigenvalue weighted by molar-refractivity contribution is 6.35. The minimum Gasteiger partial charge on any atom is -0.477 e. The molecule has 1 aliphatic heterocycles. The first kappa shape index (κ1) is 19.7. The molecule has 0 saturated carbocycles. The molecule has 27 heavy (non-hydrogen) atoms. The molecule has 1 aromatic carbocycles. The van der Waals surface area contributed by atoms with Crippen molar-refractivity contribution in [2.75, 3.05) is 29.9 Å². The zero-order valence-electron chi connectivity index (χ0n) is 14.7. The third-order valence-electron chi connectivity index (χ3n) is 4.70. The number of rotatable bonds is 6. The van der Waals surface area contributed by atoms with Crippen LogP contribution in [0.5, 0.6) is 0 Å². The summed E-state index contributed by atoms with van der Waals surface area (Å²) in [6, 6.07) is 5.17. The molecule has 0 spiro atoms. The summed E-state index contributed by atoms with van der Waals surface area (Å²) in [7, 11) is 0. The fourth-order valence-electron chi connectivity index (χ4n) is 3.03. The number of nitrogens with two attached hydrogens (primary N) is 1. The highest BCUT2D eigenvalue weighted by Crippen LogP contribution is 2.25. The van der Waals surface area contributed by atoms with E-state index >= 15 is 0 Å². The predicted octanol–water partition coefficient (Wildman–Crippen LogP) is 3.27. The number of nitrogens with zero attached hydrogens (tertiary/aromatic N) is 3. The number of hydrogen-bond acceptors (Lipinski definition) is 6. The topological polar surface area (TPSA) is 104 Å². The van der Waals surface area contributed by atoms with E-state index in [1.807, 2.05) is 0 Å². The number of carboxylic acid groups (broad SMARTS) is 1. The first-order chi connectivity index (χ1) is 13.0. The van der Waals surface area contributed by atoms with Crippen LogP contribution in [-0.4, -0.2) is 40.7 Å². The molecule has 3 rings (SSSR count). The Hall–Kier alpha value is -2.09. The molecule has 0 bridgehead atoms. The minimum atomic E-state index is -1.09. The second-order valence-corrected chi connectivity index (χ2v) is 7.34. The van der Waals surface area contributed by atoms with Gasteiger partial charge in [0.15, 0.2) is 0 Å². The van der Waals surface area contributed by atoms with E-state index in [1.165, 1.54) is 6.20 Å².